The first kappa shape index (κ1) is 17.9. The average Bonchev–Trinajstić information content (AvgIpc) is 3.28. The number of halogens is 1. The van der Waals surface area contributed by atoms with Crippen molar-refractivity contribution in [1.82, 2.24) is 19.8 Å². The van der Waals surface area contributed by atoms with Gasteiger partial charge in [-0.05, 0) is 76.9 Å². The molecule has 0 unspecified atom stereocenters. The minimum Gasteiger partial charge on any atom is -0.361 e. The van der Waals surface area contributed by atoms with Gasteiger partial charge < -0.3 is 4.52 Å². The molecule has 0 amide bonds. The van der Waals surface area contributed by atoms with E-state index < -0.39 is 0 Å². The Morgan fingerprint density at radius 3 is 2.67 bits per heavy atom. The summed E-state index contributed by atoms with van der Waals surface area (Å²) in [5.74, 6) is 0.658. The molecule has 27 heavy (non-hydrogen) atoms. The van der Waals surface area contributed by atoms with E-state index in [1.807, 2.05) is 44.5 Å². The highest BCUT2D eigenvalue weighted by atomic mass is 19.1. The van der Waals surface area contributed by atoms with Crippen molar-refractivity contribution in [2.45, 2.75) is 53.1 Å². The summed E-state index contributed by atoms with van der Waals surface area (Å²) < 4.78 is 21.4. The van der Waals surface area contributed by atoms with Crippen molar-refractivity contribution >= 4 is 0 Å². The first-order chi connectivity index (χ1) is 12.9. The van der Waals surface area contributed by atoms with Gasteiger partial charge in [0.05, 0.1) is 17.1 Å². The molecule has 1 saturated heterocycles. The third kappa shape index (κ3) is 3.30. The van der Waals surface area contributed by atoms with Gasteiger partial charge in [-0.1, -0.05) is 5.16 Å². The molecule has 1 aromatic carbocycles. The van der Waals surface area contributed by atoms with Crippen molar-refractivity contribution in [3.63, 3.8) is 0 Å². The molecule has 0 radical (unpaired) electrons. The highest BCUT2D eigenvalue weighted by Gasteiger charge is 2.31. The van der Waals surface area contributed by atoms with Gasteiger partial charge in [0.15, 0.2) is 0 Å². The van der Waals surface area contributed by atoms with E-state index in [1.165, 1.54) is 11.6 Å². The molecule has 2 aromatic heterocycles. The first-order valence-corrected chi connectivity index (χ1v) is 9.43. The second-order valence-corrected chi connectivity index (χ2v) is 7.48. The zero-order valence-electron chi connectivity index (χ0n) is 16.3. The second kappa shape index (κ2) is 6.93. The Balaban J connectivity index is 1.70. The summed E-state index contributed by atoms with van der Waals surface area (Å²) in [6, 6.07) is 7.26. The Morgan fingerprint density at radius 2 is 2.00 bits per heavy atom. The normalized spacial score (nSPS) is 17.7. The molecule has 0 N–H and O–H groups in total. The molecule has 0 aliphatic carbocycles. The first-order valence-electron chi connectivity index (χ1n) is 9.43. The fourth-order valence-corrected chi connectivity index (χ4v) is 4.29. The highest BCUT2D eigenvalue weighted by Crippen LogP contribution is 2.37. The van der Waals surface area contributed by atoms with Crippen LogP contribution in [0.4, 0.5) is 4.39 Å². The zero-order chi connectivity index (χ0) is 19.1. The molecule has 1 atom stereocenters. The number of likely N-dealkylation sites (tertiary alicyclic amines) is 1. The smallest absolute Gasteiger partial charge is 0.138 e. The lowest BCUT2D eigenvalue weighted by atomic mass is 10.0. The molecule has 0 spiro atoms. The van der Waals surface area contributed by atoms with Gasteiger partial charge in [0.2, 0.25) is 0 Å². The van der Waals surface area contributed by atoms with E-state index in [4.69, 9.17) is 4.52 Å². The Kier molecular flexibility index (Phi) is 4.60. The van der Waals surface area contributed by atoms with Gasteiger partial charge in [0, 0.05) is 23.8 Å². The summed E-state index contributed by atoms with van der Waals surface area (Å²) in [5, 5.41) is 8.71. The van der Waals surface area contributed by atoms with Crippen molar-refractivity contribution in [2.75, 3.05) is 6.54 Å². The quantitative estimate of drug-likeness (QED) is 0.677. The maximum Gasteiger partial charge on any atom is 0.138 e. The standard InChI is InChI=1S/C21H25FN4O/c1-13-10-14(2)26(23-13)19-8-7-18(22)11-17(19)12-25-9-5-6-20(25)21-15(3)24-27-16(21)4/h7-8,10-11,20H,5-6,9,12H2,1-4H3/t20-/m1/s1. The van der Waals surface area contributed by atoms with Crippen LogP contribution in [0.15, 0.2) is 28.8 Å². The molecule has 1 aliphatic rings. The lowest BCUT2D eigenvalue weighted by molar-refractivity contribution is 0.245. The summed E-state index contributed by atoms with van der Waals surface area (Å²) >= 11 is 0. The Bertz CT molecular complexity index is 955. The number of benzene rings is 1. The van der Waals surface area contributed by atoms with Crippen LogP contribution in [-0.2, 0) is 6.54 Å². The van der Waals surface area contributed by atoms with Crippen LogP contribution in [-0.4, -0.2) is 26.4 Å². The van der Waals surface area contributed by atoms with E-state index >= 15 is 0 Å². The van der Waals surface area contributed by atoms with Gasteiger partial charge >= 0.3 is 0 Å². The van der Waals surface area contributed by atoms with Crippen LogP contribution in [0.1, 0.15) is 52.9 Å². The summed E-state index contributed by atoms with van der Waals surface area (Å²) in [7, 11) is 0. The largest absolute Gasteiger partial charge is 0.361 e. The molecule has 1 aliphatic heterocycles. The van der Waals surface area contributed by atoms with Crippen LogP contribution in [0.5, 0.6) is 0 Å². The number of nitrogens with zero attached hydrogens (tertiary/aromatic N) is 4. The van der Waals surface area contributed by atoms with Crippen molar-refractivity contribution in [3.8, 4) is 5.69 Å². The molecule has 0 bridgehead atoms. The van der Waals surface area contributed by atoms with Crippen LogP contribution in [0.2, 0.25) is 0 Å². The van der Waals surface area contributed by atoms with E-state index in [-0.39, 0.29) is 11.9 Å². The Labute approximate surface area is 158 Å². The van der Waals surface area contributed by atoms with Crippen molar-refractivity contribution in [2.24, 2.45) is 0 Å². The molecular weight excluding hydrogens is 343 g/mol. The molecule has 5 nitrogen and oxygen atoms in total. The van der Waals surface area contributed by atoms with Crippen molar-refractivity contribution in [3.05, 3.63) is 64.1 Å². The maximum atomic E-state index is 14.1. The van der Waals surface area contributed by atoms with Gasteiger partial charge in [0.1, 0.15) is 11.6 Å². The van der Waals surface area contributed by atoms with Crippen LogP contribution in [0, 0.1) is 33.5 Å². The predicted octanol–water partition coefficient (Wildman–Crippen LogP) is 4.57. The Hall–Kier alpha value is -2.47. The monoisotopic (exact) mass is 368 g/mol. The number of rotatable bonds is 4. The SMILES string of the molecule is Cc1cc(C)n(-c2ccc(F)cc2CN2CCC[C@@H]2c2c(C)noc2C)n1. The topological polar surface area (TPSA) is 47.1 Å². The van der Waals surface area contributed by atoms with Crippen LogP contribution in [0.3, 0.4) is 0 Å². The molecule has 1 fully saturated rings. The number of hydrogen-bond acceptors (Lipinski definition) is 4. The van der Waals surface area contributed by atoms with Crippen LogP contribution >= 0.6 is 0 Å². The maximum absolute atomic E-state index is 14.1. The van der Waals surface area contributed by atoms with Crippen LogP contribution < -0.4 is 0 Å². The third-order valence-corrected chi connectivity index (χ3v) is 5.44. The van der Waals surface area contributed by atoms with Crippen LogP contribution in [0.25, 0.3) is 5.69 Å². The number of aryl methyl sites for hydroxylation is 4. The minimum absolute atomic E-state index is 0.219. The number of hydrogen-bond donors (Lipinski definition) is 0. The Morgan fingerprint density at radius 1 is 1.19 bits per heavy atom. The molecule has 6 heteroatoms. The van der Waals surface area contributed by atoms with E-state index in [0.717, 1.165) is 53.5 Å². The summed E-state index contributed by atoms with van der Waals surface area (Å²) in [6.07, 6.45) is 2.17. The molecule has 3 heterocycles. The third-order valence-electron chi connectivity index (χ3n) is 5.44. The van der Waals surface area contributed by atoms with Gasteiger partial charge in [-0.15, -0.1) is 0 Å². The van der Waals surface area contributed by atoms with Gasteiger partial charge in [-0.3, -0.25) is 4.90 Å². The van der Waals surface area contributed by atoms with E-state index in [1.54, 1.807) is 6.07 Å². The van der Waals surface area contributed by atoms with Gasteiger partial charge in [0.25, 0.3) is 0 Å². The van der Waals surface area contributed by atoms with Crippen molar-refractivity contribution < 1.29 is 8.91 Å². The minimum atomic E-state index is -0.219. The predicted molar refractivity (Wildman–Crippen MR) is 101 cm³/mol. The molecule has 0 saturated carbocycles. The molecule has 4 rings (SSSR count). The zero-order valence-corrected chi connectivity index (χ0v) is 16.3. The fourth-order valence-electron chi connectivity index (χ4n) is 4.29. The fraction of sp³-hybridized carbons (Fsp3) is 0.429. The lowest BCUT2D eigenvalue weighted by Gasteiger charge is -2.25. The van der Waals surface area contributed by atoms with Crippen molar-refractivity contribution in [1.29, 1.82) is 0 Å². The number of aromatic nitrogens is 3. The van der Waals surface area contributed by atoms with E-state index in [0.29, 0.717) is 6.54 Å². The average molecular weight is 368 g/mol. The second-order valence-electron chi connectivity index (χ2n) is 7.48. The lowest BCUT2D eigenvalue weighted by Crippen LogP contribution is -2.24. The summed E-state index contributed by atoms with van der Waals surface area (Å²) in [6.45, 7) is 9.60. The van der Waals surface area contributed by atoms with Gasteiger partial charge in [-0.2, -0.15) is 5.10 Å². The summed E-state index contributed by atoms with van der Waals surface area (Å²) in [5.41, 5.74) is 6.01. The molecular formula is C21H25FN4O. The molecule has 142 valence electrons. The van der Waals surface area contributed by atoms with E-state index in [2.05, 4.69) is 15.2 Å². The van der Waals surface area contributed by atoms with Gasteiger partial charge in [-0.25, -0.2) is 9.07 Å². The molecule has 3 aromatic rings. The summed E-state index contributed by atoms with van der Waals surface area (Å²) in [4.78, 5) is 2.40. The highest BCUT2D eigenvalue weighted by molar-refractivity contribution is 5.42. The van der Waals surface area contributed by atoms with E-state index in [9.17, 15) is 4.39 Å².